The number of primary amides is 1. The van der Waals surface area contributed by atoms with E-state index in [9.17, 15) is 4.79 Å². The highest BCUT2D eigenvalue weighted by atomic mass is 127. The maximum Gasteiger partial charge on any atom is 0.224 e. The smallest absolute Gasteiger partial charge is 0.224 e. The first-order chi connectivity index (χ1) is 12.3. The van der Waals surface area contributed by atoms with E-state index in [2.05, 4.69) is 20.3 Å². The number of amides is 1. The molecule has 0 aliphatic carbocycles. The fourth-order valence-electron chi connectivity index (χ4n) is 2.33. The Labute approximate surface area is 177 Å². The number of rotatable bonds is 7. The number of imidazole rings is 1. The maximum atomic E-state index is 11.5. The Morgan fingerprint density at radius 2 is 2.00 bits per heavy atom. The monoisotopic (exact) mass is 484 g/mol. The van der Waals surface area contributed by atoms with E-state index in [-0.39, 0.29) is 29.9 Å². The van der Waals surface area contributed by atoms with E-state index in [0.717, 1.165) is 23.6 Å². The van der Waals surface area contributed by atoms with Crippen molar-refractivity contribution in [3.05, 3.63) is 42.4 Å². The molecule has 0 saturated heterocycles. The van der Waals surface area contributed by atoms with Gasteiger partial charge in [0.05, 0.1) is 30.4 Å². The van der Waals surface area contributed by atoms with Gasteiger partial charge in [0.15, 0.2) is 5.96 Å². The van der Waals surface area contributed by atoms with Crippen LogP contribution in [0.4, 0.5) is 0 Å². The van der Waals surface area contributed by atoms with Gasteiger partial charge >= 0.3 is 0 Å². The van der Waals surface area contributed by atoms with Gasteiger partial charge in [0, 0.05) is 13.6 Å². The van der Waals surface area contributed by atoms with Gasteiger partial charge in [-0.25, -0.2) is 4.98 Å². The summed E-state index contributed by atoms with van der Waals surface area (Å²) in [7, 11) is 1.93. The van der Waals surface area contributed by atoms with Crippen LogP contribution < -0.4 is 11.1 Å². The third-order valence-electron chi connectivity index (χ3n) is 4.09. The quantitative estimate of drug-likeness (QED) is 0.320. The van der Waals surface area contributed by atoms with Crippen molar-refractivity contribution in [1.82, 2.24) is 20.2 Å². The summed E-state index contributed by atoms with van der Waals surface area (Å²) in [6, 6.07) is 10.1. The second kappa shape index (κ2) is 10.3. The van der Waals surface area contributed by atoms with Gasteiger partial charge in [0.25, 0.3) is 0 Å². The van der Waals surface area contributed by atoms with Crippen LogP contribution in [0.25, 0.3) is 11.3 Å². The molecule has 27 heavy (non-hydrogen) atoms. The maximum absolute atomic E-state index is 11.5. The van der Waals surface area contributed by atoms with Gasteiger partial charge in [0.1, 0.15) is 5.82 Å². The van der Waals surface area contributed by atoms with Crippen molar-refractivity contribution in [2.24, 2.45) is 16.1 Å². The zero-order valence-electron chi connectivity index (χ0n) is 16.3. The van der Waals surface area contributed by atoms with Gasteiger partial charge < -0.3 is 20.9 Å². The number of nitrogens with two attached hydrogens (primary N) is 1. The van der Waals surface area contributed by atoms with E-state index in [0.29, 0.717) is 19.0 Å². The molecule has 0 atom stereocenters. The molecule has 0 unspecified atom stereocenters. The summed E-state index contributed by atoms with van der Waals surface area (Å²) in [6.45, 7) is 7.21. The highest BCUT2D eigenvalue weighted by Crippen LogP contribution is 2.17. The first kappa shape index (κ1) is 22.9. The third-order valence-corrected chi connectivity index (χ3v) is 4.09. The zero-order chi connectivity index (χ0) is 19.2. The lowest BCUT2D eigenvalue weighted by Gasteiger charge is -2.23. The Morgan fingerprint density at radius 1 is 1.33 bits per heavy atom. The van der Waals surface area contributed by atoms with Crippen LogP contribution in [0.5, 0.6) is 0 Å². The standard InChI is InChI=1S/C19H28N6O.HI/c1-5-21-18(23-13-19(2,3)17(20)26)25(4)12-16-22-11-15(24-16)14-9-7-6-8-10-14;/h6-11H,5,12-13H2,1-4H3,(H2,20,26)(H,21,23)(H,22,24);1H. The van der Waals surface area contributed by atoms with Gasteiger partial charge in [-0.3, -0.25) is 9.79 Å². The number of H-pyrrole nitrogens is 1. The predicted molar refractivity (Wildman–Crippen MR) is 120 cm³/mol. The fraction of sp³-hybridized carbons (Fsp3) is 0.421. The number of nitrogens with zero attached hydrogens (tertiary/aromatic N) is 3. The van der Waals surface area contributed by atoms with Crippen molar-refractivity contribution >= 4 is 35.8 Å². The highest BCUT2D eigenvalue weighted by Gasteiger charge is 2.25. The molecule has 8 heteroatoms. The minimum absolute atomic E-state index is 0. The van der Waals surface area contributed by atoms with E-state index in [1.54, 1.807) is 13.8 Å². The molecule has 0 radical (unpaired) electrons. The number of carbonyl (C=O) groups is 1. The average Bonchev–Trinajstić information content (AvgIpc) is 3.07. The lowest BCUT2D eigenvalue weighted by molar-refractivity contribution is -0.125. The van der Waals surface area contributed by atoms with Crippen LogP contribution >= 0.6 is 24.0 Å². The van der Waals surface area contributed by atoms with Crippen molar-refractivity contribution in [2.75, 3.05) is 20.1 Å². The number of carbonyl (C=O) groups excluding carboxylic acids is 1. The van der Waals surface area contributed by atoms with Gasteiger partial charge in [-0.05, 0) is 26.3 Å². The minimum atomic E-state index is -0.688. The number of aliphatic imine (C=N–C) groups is 1. The van der Waals surface area contributed by atoms with Crippen LogP contribution in [0.3, 0.4) is 0 Å². The first-order valence-corrected chi connectivity index (χ1v) is 8.72. The number of aromatic nitrogens is 2. The molecule has 1 aromatic heterocycles. The molecule has 7 nitrogen and oxygen atoms in total. The summed E-state index contributed by atoms with van der Waals surface area (Å²) in [5.41, 5.74) is 6.82. The van der Waals surface area contributed by atoms with Gasteiger partial charge in [-0.2, -0.15) is 0 Å². The lowest BCUT2D eigenvalue weighted by atomic mass is 9.93. The number of benzene rings is 1. The van der Waals surface area contributed by atoms with E-state index < -0.39 is 5.41 Å². The topological polar surface area (TPSA) is 99.4 Å². The Kier molecular flexibility index (Phi) is 8.74. The highest BCUT2D eigenvalue weighted by molar-refractivity contribution is 14.0. The van der Waals surface area contributed by atoms with Crippen molar-refractivity contribution in [2.45, 2.75) is 27.3 Å². The molecular formula is C19H29IN6O. The normalized spacial score (nSPS) is 11.6. The van der Waals surface area contributed by atoms with E-state index in [1.165, 1.54) is 0 Å². The Morgan fingerprint density at radius 3 is 2.59 bits per heavy atom. The Bertz CT molecular complexity index is 757. The third kappa shape index (κ3) is 6.53. The van der Waals surface area contributed by atoms with Crippen molar-refractivity contribution in [1.29, 1.82) is 0 Å². The average molecular weight is 484 g/mol. The fourth-order valence-corrected chi connectivity index (χ4v) is 2.33. The van der Waals surface area contributed by atoms with Crippen LogP contribution in [0, 0.1) is 5.41 Å². The molecule has 0 bridgehead atoms. The second-order valence-electron chi connectivity index (χ2n) is 6.88. The summed E-state index contributed by atoms with van der Waals surface area (Å²) in [5.74, 6) is 1.18. The summed E-state index contributed by atoms with van der Waals surface area (Å²) < 4.78 is 0. The molecule has 0 fully saturated rings. The van der Waals surface area contributed by atoms with Gasteiger partial charge in [-0.1, -0.05) is 30.3 Å². The second-order valence-corrected chi connectivity index (χ2v) is 6.88. The number of halogens is 1. The molecule has 2 aromatic rings. The molecule has 0 spiro atoms. The summed E-state index contributed by atoms with van der Waals surface area (Å²) in [6.07, 6.45) is 1.83. The molecule has 0 aliphatic heterocycles. The summed E-state index contributed by atoms with van der Waals surface area (Å²) in [4.78, 5) is 25.8. The minimum Gasteiger partial charge on any atom is -0.369 e. The number of nitrogens with one attached hydrogen (secondary N) is 2. The van der Waals surface area contributed by atoms with E-state index >= 15 is 0 Å². The number of hydrogen-bond donors (Lipinski definition) is 3. The van der Waals surface area contributed by atoms with Crippen molar-refractivity contribution < 1.29 is 4.79 Å². The largest absolute Gasteiger partial charge is 0.369 e. The Balaban J connectivity index is 0.00000364. The van der Waals surface area contributed by atoms with Crippen LogP contribution in [0.1, 0.15) is 26.6 Å². The number of aromatic amines is 1. The predicted octanol–water partition coefficient (Wildman–Crippen LogP) is 2.60. The Hall–Kier alpha value is -2.10. The van der Waals surface area contributed by atoms with Crippen LogP contribution in [-0.2, 0) is 11.3 Å². The SMILES string of the molecule is CCNC(=NCC(C)(C)C(N)=O)N(C)Cc1ncc(-c2ccccc2)[nH]1.I. The molecular weight excluding hydrogens is 455 g/mol. The van der Waals surface area contributed by atoms with Gasteiger partial charge in [-0.15, -0.1) is 24.0 Å². The molecule has 1 aromatic carbocycles. The molecule has 148 valence electrons. The molecule has 4 N–H and O–H groups in total. The van der Waals surface area contributed by atoms with Gasteiger partial charge in [0.2, 0.25) is 5.91 Å². The van der Waals surface area contributed by atoms with Crippen molar-refractivity contribution in [3.8, 4) is 11.3 Å². The van der Waals surface area contributed by atoms with E-state index in [4.69, 9.17) is 5.73 Å². The zero-order valence-corrected chi connectivity index (χ0v) is 18.7. The molecule has 2 rings (SSSR count). The first-order valence-electron chi connectivity index (χ1n) is 8.72. The number of guanidine groups is 1. The summed E-state index contributed by atoms with van der Waals surface area (Å²) in [5, 5.41) is 3.23. The summed E-state index contributed by atoms with van der Waals surface area (Å²) >= 11 is 0. The molecule has 0 aliphatic rings. The van der Waals surface area contributed by atoms with Crippen LogP contribution in [0.15, 0.2) is 41.5 Å². The molecule has 1 amide bonds. The van der Waals surface area contributed by atoms with Crippen molar-refractivity contribution in [3.63, 3.8) is 0 Å². The molecule has 0 saturated carbocycles. The van der Waals surface area contributed by atoms with Crippen LogP contribution in [-0.4, -0.2) is 46.9 Å². The number of hydrogen-bond acceptors (Lipinski definition) is 3. The molecule has 1 heterocycles. The van der Waals surface area contributed by atoms with E-state index in [1.807, 2.05) is 55.4 Å². The lowest BCUT2D eigenvalue weighted by Crippen LogP contribution is -2.41. The van der Waals surface area contributed by atoms with Crippen LogP contribution in [0.2, 0.25) is 0 Å².